The Labute approximate surface area is 172 Å². The van der Waals surface area contributed by atoms with Gasteiger partial charge in [0.15, 0.2) is 5.16 Å². The standard InChI is InChI=1S/C22H19N5OS/c1-26-20(13-18(25-26)15-6-3-2-4-7-15)21(28)23-17-9-5-8-16(12-17)19-14-27-10-11-29-22(27)24-19/h2-9,12-14H,10-11H2,1H3,(H,23,28). The zero-order chi connectivity index (χ0) is 19.8. The molecule has 0 radical (unpaired) electrons. The van der Waals surface area contributed by atoms with Gasteiger partial charge in [0.25, 0.3) is 5.91 Å². The van der Waals surface area contributed by atoms with Crippen LogP contribution >= 0.6 is 11.8 Å². The molecule has 0 spiro atoms. The lowest BCUT2D eigenvalue weighted by atomic mass is 10.1. The van der Waals surface area contributed by atoms with Crippen LogP contribution in [-0.4, -0.2) is 31.0 Å². The van der Waals surface area contributed by atoms with Crippen molar-refractivity contribution in [2.75, 3.05) is 11.1 Å². The summed E-state index contributed by atoms with van der Waals surface area (Å²) in [5.74, 6) is 0.885. The van der Waals surface area contributed by atoms with Crippen LogP contribution in [0.5, 0.6) is 0 Å². The minimum absolute atomic E-state index is 0.192. The molecule has 1 aliphatic heterocycles. The van der Waals surface area contributed by atoms with E-state index in [1.54, 1.807) is 23.5 Å². The van der Waals surface area contributed by atoms with Gasteiger partial charge < -0.3 is 9.88 Å². The number of fused-ring (bicyclic) bond motifs is 1. The summed E-state index contributed by atoms with van der Waals surface area (Å²) in [5, 5.41) is 8.52. The largest absolute Gasteiger partial charge is 0.325 e. The normalized spacial score (nSPS) is 12.7. The van der Waals surface area contributed by atoms with E-state index in [-0.39, 0.29) is 5.91 Å². The van der Waals surface area contributed by atoms with Crippen molar-refractivity contribution in [3.05, 3.63) is 72.6 Å². The van der Waals surface area contributed by atoms with E-state index in [0.717, 1.165) is 45.7 Å². The Morgan fingerprint density at radius 1 is 1.03 bits per heavy atom. The number of rotatable bonds is 4. The summed E-state index contributed by atoms with van der Waals surface area (Å²) in [4.78, 5) is 17.5. The molecule has 1 amide bonds. The molecule has 144 valence electrons. The lowest BCUT2D eigenvalue weighted by Crippen LogP contribution is -2.16. The van der Waals surface area contributed by atoms with E-state index in [1.165, 1.54) is 0 Å². The number of nitrogens with zero attached hydrogens (tertiary/aromatic N) is 4. The van der Waals surface area contributed by atoms with E-state index >= 15 is 0 Å². The number of amides is 1. The molecule has 7 heteroatoms. The molecule has 0 saturated heterocycles. The molecule has 29 heavy (non-hydrogen) atoms. The molecule has 4 aromatic rings. The summed E-state index contributed by atoms with van der Waals surface area (Å²) in [6, 6.07) is 19.4. The van der Waals surface area contributed by atoms with Crippen LogP contribution in [0.3, 0.4) is 0 Å². The average Bonchev–Trinajstić information content (AvgIpc) is 3.43. The van der Waals surface area contributed by atoms with Crippen molar-refractivity contribution in [2.24, 2.45) is 7.05 Å². The highest BCUT2D eigenvalue weighted by atomic mass is 32.2. The molecule has 1 aliphatic rings. The van der Waals surface area contributed by atoms with Gasteiger partial charge in [-0.05, 0) is 18.2 Å². The first kappa shape index (κ1) is 17.8. The first-order chi connectivity index (χ1) is 14.2. The molecule has 5 rings (SSSR count). The van der Waals surface area contributed by atoms with Crippen LogP contribution in [0.25, 0.3) is 22.5 Å². The smallest absolute Gasteiger partial charge is 0.273 e. The van der Waals surface area contributed by atoms with Gasteiger partial charge in [-0.25, -0.2) is 4.98 Å². The monoisotopic (exact) mass is 401 g/mol. The number of imidazole rings is 1. The zero-order valence-electron chi connectivity index (χ0n) is 15.9. The van der Waals surface area contributed by atoms with Crippen molar-refractivity contribution < 1.29 is 4.79 Å². The molecule has 0 aliphatic carbocycles. The maximum Gasteiger partial charge on any atom is 0.273 e. The summed E-state index contributed by atoms with van der Waals surface area (Å²) in [7, 11) is 1.78. The minimum atomic E-state index is -0.192. The number of aryl methyl sites for hydroxylation is 2. The number of benzene rings is 2. The fourth-order valence-corrected chi connectivity index (χ4v) is 4.37. The molecule has 0 atom stereocenters. The van der Waals surface area contributed by atoms with Gasteiger partial charge >= 0.3 is 0 Å². The van der Waals surface area contributed by atoms with E-state index in [1.807, 2.05) is 60.7 Å². The van der Waals surface area contributed by atoms with Crippen LogP contribution in [0.1, 0.15) is 10.5 Å². The highest BCUT2D eigenvalue weighted by Crippen LogP contribution is 2.30. The molecule has 2 aromatic heterocycles. The van der Waals surface area contributed by atoms with Crippen LogP contribution in [-0.2, 0) is 13.6 Å². The number of anilines is 1. The van der Waals surface area contributed by atoms with Gasteiger partial charge in [0.1, 0.15) is 5.69 Å². The number of nitrogens with one attached hydrogen (secondary N) is 1. The summed E-state index contributed by atoms with van der Waals surface area (Å²) in [6.07, 6.45) is 2.07. The van der Waals surface area contributed by atoms with Crippen molar-refractivity contribution >= 4 is 23.4 Å². The zero-order valence-corrected chi connectivity index (χ0v) is 16.7. The number of aromatic nitrogens is 4. The fourth-order valence-electron chi connectivity index (χ4n) is 3.43. The number of hydrogen-bond donors (Lipinski definition) is 1. The lowest BCUT2D eigenvalue weighted by Gasteiger charge is -2.06. The van der Waals surface area contributed by atoms with Gasteiger partial charge in [-0.15, -0.1) is 0 Å². The molecule has 3 heterocycles. The van der Waals surface area contributed by atoms with Crippen LogP contribution in [0.2, 0.25) is 0 Å². The van der Waals surface area contributed by atoms with E-state index in [2.05, 4.69) is 26.2 Å². The second kappa shape index (κ2) is 7.25. The minimum Gasteiger partial charge on any atom is -0.325 e. The second-order valence-corrected chi connectivity index (χ2v) is 7.95. The maximum atomic E-state index is 12.8. The Morgan fingerprint density at radius 2 is 1.86 bits per heavy atom. The van der Waals surface area contributed by atoms with Gasteiger partial charge in [-0.3, -0.25) is 9.48 Å². The Hall–Kier alpha value is -3.32. The predicted molar refractivity (Wildman–Crippen MR) is 115 cm³/mol. The van der Waals surface area contributed by atoms with Crippen LogP contribution in [0.15, 0.2) is 72.0 Å². The Balaban J connectivity index is 1.38. The Bertz CT molecular complexity index is 1170. The summed E-state index contributed by atoms with van der Waals surface area (Å²) in [5.41, 5.74) is 4.91. The van der Waals surface area contributed by atoms with Gasteiger partial charge in [-0.1, -0.05) is 54.2 Å². The van der Waals surface area contributed by atoms with Crippen molar-refractivity contribution in [3.63, 3.8) is 0 Å². The Morgan fingerprint density at radius 3 is 2.69 bits per heavy atom. The third-order valence-corrected chi connectivity index (χ3v) is 5.87. The van der Waals surface area contributed by atoms with E-state index < -0.39 is 0 Å². The van der Waals surface area contributed by atoms with Crippen LogP contribution in [0, 0.1) is 0 Å². The molecule has 1 N–H and O–H groups in total. The number of thioether (sulfide) groups is 1. The van der Waals surface area contributed by atoms with Gasteiger partial charge in [-0.2, -0.15) is 5.10 Å². The average molecular weight is 401 g/mol. The van der Waals surface area contributed by atoms with E-state index in [9.17, 15) is 4.79 Å². The first-order valence-corrected chi connectivity index (χ1v) is 10.4. The van der Waals surface area contributed by atoms with Crippen LogP contribution in [0.4, 0.5) is 5.69 Å². The van der Waals surface area contributed by atoms with Crippen molar-refractivity contribution in [2.45, 2.75) is 11.7 Å². The maximum absolute atomic E-state index is 12.8. The van der Waals surface area contributed by atoms with Gasteiger partial charge in [0.05, 0.1) is 11.4 Å². The highest BCUT2D eigenvalue weighted by molar-refractivity contribution is 7.99. The SMILES string of the molecule is Cn1nc(-c2ccccc2)cc1C(=O)Nc1cccc(-c2cn3c(n2)SCC3)c1. The summed E-state index contributed by atoms with van der Waals surface area (Å²) in [6.45, 7) is 0.994. The number of carbonyl (C=O) groups is 1. The molecule has 0 unspecified atom stereocenters. The topological polar surface area (TPSA) is 64.7 Å². The predicted octanol–water partition coefficient (Wildman–Crippen LogP) is 4.31. The second-order valence-electron chi connectivity index (χ2n) is 6.89. The fraction of sp³-hybridized carbons (Fsp3) is 0.136. The molecule has 0 saturated carbocycles. The third kappa shape index (κ3) is 3.45. The molecular formula is C22H19N5OS. The van der Waals surface area contributed by atoms with Crippen LogP contribution < -0.4 is 5.32 Å². The van der Waals surface area contributed by atoms with Gasteiger partial charge in [0.2, 0.25) is 0 Å². The Kier molecular flexibility index (Phi) is 4.44. The van der Waals surface area contributed by atoms with Crippen molar-refractivity contribution in [1.29, 1.82) is 0 Å². The number of hydrogen-bond acceptors (Lipinski definition) is 4. The summed E-state index contributed by atoms with van der Waals surface area (Å²) < 4.78 is 3.78. The van der Waals surface area contributed by atoms with E-state index in [0.29, 0.717) is 5.69 Å². The number of carbonyl (C=O) groups excluding carboxylic acids is 1. The molecule has 0 bridgehead atoms. The quantitative estimate of drug-likeness (QED) is 0.553. The van der Waals surface area contributed by atoms with Crippen molar-refractivity contribution in [3.8, 4) is 22.5 Å². The summed E-state index contributed by atoms with van der Waals surface area (Å²) >= 11 is 1.77. The lowest BCUT2D eigenvalue weighted by molar-refractivity contribution is 0.101. The van der Waals surface area contributed by atoms with Crippen molar-refractivity contribution in [1.82, 2.24) is 19.3 Å². The highest BCUT2D eigenvalue weighted by Gasteiger charge is 2.17. The molecular weight excluding hydrogens is 382 g/mol. The molecule has 6 nitrogen and oxygen atoms in total. The molecule has 2 aromatic carbocycles. The molecule has 0 fully saturated rings. The van der Waals surface area contributed by atoms with E-state index in [4.69, 9.17) is 0 Å². The third-order valence-electron chi connectivity index (χ3n) is 4.90. The first-order valence-electron chi connectivity index (χ1n) is 9.38. The van der Waals surface area contributed by atoms with Gasteiger partial charge in [0, 0.05) is 42.4 Å².